The third kappa shape index (κ3) is 5.25. The number of aromatic nitrogens is 1. The number of nitrogens with one attached hydrogen (secondary N) is 2. The number of ether oxygens (including phenoxy) is 2. The maximum absolute atomic E-state index is 11.0. The van der Waals surface area contributed by atoms with E-state index in [9.17, 15) is 4.79 Å². The van der Waals surface area contributed by atoms with Crippen LogP contribution in [0.15, 0.2) is 26.9 Å². The van der Waals surface area contributed by atoms with E-state index in [4.69, 9.17) is 14.9 Å². The van der Waals surface area contributed by atoms with E-state index in [0.29, 0.717) is 35.5 Å². The molecular formula is C14H19N5O4S. The summed E-state index contributed by atoms with van der Waals surface area (Å²) in [4.78, 5) is 19.6. The molecule has 2 heterocycles. The van der Waals surface area contributed by atoms with Crippen molar-refractivity contribution in [2.45, 2.75) is 6.54 Å². The first-order chi connectivity index (χ1) is 11.6. The molecule has 0 saturated heterocycles. The molecule has 0 aliphatic rings. The lowest BCUT2D eigenvalue weighted by Crippen LogP contribution is -2.33. The first-order valence-electron chi connectivity index (χ1n) is 7.05. The second-order valence-corrected chi connectivity index (χ2v) is 5.38. The van der Waals surface area contributed by atoms with Gasteiger partial charge in [-0.2, -0.15) is 4.99 Å². The van der Waals surface area contributed by atoms with Gasteiger partial charge in [0.15, 0.2) is 11.7 Å². The van der Waals surface area contributed by atoms with Crippen molar-refractivity contribution < 1.29 is 18.7 Å². The fourth-order valence-corrected chi connectivity index (χ4v) is 2.38. The summed E-state index contributed by atoms with van der Waals surface area (Å²) in [6.45, 7) is 1.34. The summed E-state index contributed by atoms with van der Waals surface area (Å²) in [7, 11) is 2.91. The van der Waals surface area contributed by atoms with Crippen LogP contribution in [0.1, 0.15) is 5.76 Å². The van der Waals surface area contributed by atoms with Crippen LogP contribution in [-0.4, -0.2) is 44.4 Å². The van der Waals surface area contributed by atoms with Crippen LogP contribution < -0.4 is 16.4 Å². The van der Waals surface area contributed by atoms with Gasteiger partial charge in [0.2, 0.25) is 5.13 Å². The molecular weight excluding hydrogens is 334 g/mol. The quantitative estimate of drug-likeness (QED) is 0.391. The van der Waals surface area contributed by atoms with Crippen LogP contribution in [0.5, 0.6) is 0 Å². The summed E-state index contributed by atoms with van der Waals surface area (Å²) in [5, 5.41) is 7.78. The first-order valence-corrected chi connectivity index (χ1v) is 7.93. The lowest BCUT2D eigenvalue weighted by molar-refractivity contribution is 0.169. The van der Waals surface area contributed by atoms with Crippen LogP contribution >= 0.6 is 11.3 Å². The van der Waals surface area contributed by atoms with E-state index in [2.05, 4.69) is 25.3 Å². The molecule has 1 amide bonds. The highest BCUT2D eigenvalue weighted by molar-refractivity contribution is 7.13. The van der Waals surface area contributed by atoms with Crippen molar-refractivity contribution >= 4 is 28.5 Å². The van der Waals surface area contributed by atoms with Gasteiger partial charge in [0, 0.05) is 19.0 Å². The number of aliphatic imine (C=N–C) groups is 1. The minimum atomic E-state index is -0.519. The van der Waals surface area contributed by atoms with Gasteiger partial charge in [0.1, 0.15) is 11.5 Å². The van der Waals surface area contributed by atoms with Crippen molar-refractivity contribution in [2.75, 3.05) is 27.4 Å². The number of thiazole rings is 1. The summed E-state index contributed by atoms with van der Waals surface area (Å²) in [5.41, 5.74) is 6.40. The summed E-state index contributed by atoms with van der Waals surface area (Å²) in [6, 6.07) is 3.53. The third-order valence-corrected chi connectivity index (χ3v) is 3.56. The van der Waals surface area contributed by atoms with Crippen LogP contribution in [0.4, 0.5) is 9.93 Å². The summed E-state index contributed by atoms with van der Waals surface area (Å²) in [6.07, 6.45) is -0.519. The Bertz CT molecular complexity index is 697. The zero-order chi connectivity index (χ0) is 17.4. The van der Waals surface area contributed by atoms with Crippen molar-refractivity contribution in [2.24, 2.45) is 10.7 Å². The zero-order valence-electron chi connectivity index (χ0n) is 13.4. The minimum absolute atomic E-state index is 0.234. The summed E-state index contributed by atoms with van der Waals surface area (Å²) in [5.74, 6) is 1.45. The Morgan fingerprint density at radius 1 is 1.42 bits per heavy atom. The normalized spacial score (nSPS) is 11.3. The van der Waals surface area contributed by atoms with E-state index in [1.807, 2.05) is 5.38 Å². The Labute approximate surface area is 142 Å². The molecule has 10 heteroatoms. The molecule has 0 unspecified atom stereocenters. The van der Waals surface area contributed by atoms with Crippen LogP contribution in [0.25, 0.3) is 11.5 Å². The molecule has 24 heavy (non-hydrogen) atoms. The fraction of sp³-hybridized carbons (Fsp3) is 0.357. The van der Waals surface area contributed by atoms with Crippen molar-refractivity contribution in [3.8, 4) is 11.5 Å². The van der Waals surface area contributed by atoms with Crippen molar-refractivity contribution in [3.63, 3.8) is 0 Å². The predicted molar refractivity (Wildman–Crippen MR) is 90.2 cm³/mol. The van der Waals surface area contributed by atoms with Crippen molar-refractivity contribution in [1.29, 1.82) is 0 Å². The lowest BCUT2D eigenvalue weighted by atomic mass is 10.3. The fourth-order valence-electron chi connectivity index (χ4n) is 1.69. The molecule has 0 aliphatic carbocycles. The van der Waals surface area contributed by atoms with E-state index >= 15 is 0 Å². The van der Waals surface area contributed by atoms with Gasteiger partial charge in [-0.05, 0) is 12.1 Å². The summed E-state index contributed by atoms with van der Waals surface area (Å²) >= 11 is 1.34. The Kier molecular flexibility index (Phi) is 6.58. The van der Waals surface area contributed by atoms with Gasteiger partial charge < -0.3 is 30.3 Å². The number of carbonyl (C=O) groups excluding carboxylic acids is 1. The number of furan rings is 1. The molecule has 2 rings (SSSR count). The van der Waals surface area contributed by atoms with E-state index < -0.39 is 6.09 Å². The Balaban J connectivity index is 1.96. The average molecular weight is 353 g/mol. The van der Waals surface area contributed by atoms with Gasteiger partial charge in [0.25, 0.3) is 0 Å². The number of carbonyl (C=O) groups is 1. The van der Waals surface area contributed by atoms with Crippen LogP contribution in [0.3, 0.4) is 0 Å². The molecule has 0 saturated carbocycles. The molecule has 0 aliphatic heterocycles. The van der Waals surface area contributed by atoms with Crippen LogP contribution in [0, 0.1) is 0 Å². The molecule has 0 spiro atoms. The number of nitrogens with zero attached hydrogens (tertiary/aromatic N) is 2. The molecule has 4 N–H and O–H groups in total. The van der Waals surface area contributed by atoms with Gasteiger partial charge in [-0.25, -0.2) is 9.78 Å². The third-order valence-electron chi connectivity index (χ3n) is 2.83. The zero-order valence-corrected chi connectivity index (χ0v) is 14.2. The maximum Gasteiger partial charge on any atom is 0.407 e. The van der Waals surface area contributed by atoms with Gasteiger partial charge in [-0.3, -0.25) is 0 Å². The maximum atomic E-state index is 11.0. The minimum Gasteiger partial charge on any atom is -0.458 e. The molecule has 0 atom stereocenters. The number of hydrogen-bond acceptors (Lipinski definition) is 7. The highest BCUT2D eigenvalue weighted by atomic mass is 32.1. The number of rotatable bonds is 7. The monoisotopic (exact) mass is 353 g/mol. The SMILES string of the molecule is COCCN/C(N)=N/c1nc(-c2ccc(CNC(=O)OC)o2)cs1. The van der Waals surface area contributed by atoms with Crippen LogP contribution in [0.2, 0.25) is 0 Å². The van der Waals surface area contributed by atoms with Crippen molar-refractivity contribution in [1.82, 2.24) is 15.6 Å². The van der Waals surface area contributed by atoms with Crippen LogP contribution in [-0.2, 0) is 16.0 Å². The highest BCUT2D eigenvalue weighted by Crippen LogP contribution is 2.28. The van der Waals surface area contributed by atoms with Gasteiger partial charge in [0.05, 0.1) is 20.3 Å². The number of amides is 1. The molecule has 0 bridgehead atoms. The molecule has 0 radical (unpaired) electrons. The Morgan fingerprint density at radius 3 is 3.00 bits per heavy atom. The van der Waals surface area contributed by atoms with Crippen molar-refractivity contribution in [3.05, 3.63) is 23.3 Å². The molecule has 0 aromatic carbocycles. The molecule has 9 nitrogen and oxygen atoms in total. The van der Waals surface area contributed by atoms with E-state index in [1.54, 1.807) is 19.2 Å². The Hall–Kier alpha value is -2.59. The van der Waals surface area contributed by atoms with E-state index in [-0.39, 0.29) is 12.5 Å². The van der Waals surface area contributed by atoms with E-state index in [1.165, 1.54) is 18.4 Å². The second kappa shape index (κ2) is 8.89. The Morgan fingerprint density at radius 2 is 2.25 bits per heavy atom. The average Bonchev–Trinajstić information content (AvgIpc) is 3.22. The number of methoxy groups -OCH3 is 2. The standard InChI is InChI=1S/C14H19N5O4S/c1-21-6-5-16-12(15)19-13-18-10(8-24-13)11-4-3-9(23-11)7-17-14(20)22-2/h3-4,8H,5-7H2,1-2H3,(H,17,20)(H3,15,16,18,19). The topological polar surface area (TPSA) is 124 Å². The number of hydrogen-bond donors (Lipinski definition) is 3. The molecule has 2 aromatic rings. The highest BCUT2D eigenvalue weighted by Gasteiger charge is 2.10. The smallest absolute Gasteiger partial charge is 0.407 e. The number of nitrogens with two attached hydrogens (primary N) is 1. The number of alkyl carbamates (subject to hydrolysis) is 1. The largest absolute Gasteiger partial charge is 0.458 e. The van der Waals surface area contributed by atoms with E-state index in [0.717, 1.165) is 0 Å². The first kappa shape index (κ1) is 17.8. The molecule has 0 fully saturated rings. The second-order valence-electron chi connectivity index (χ2n) is 4.54. The summed E-state index contributed by atoms with van der Waals surface area (Å²) < 4.78 is 15.0. The number of guanidine groups is 1. The predicted octanol–water partition coefficient (Wildman–Crippen LogP) is 1.44. The lowest BCUT2D eigenvalue weighted by Gasteiger charge is -2.02. The molecule has 2 aromatic heterocycles. The van der Waals surface area contributed by atoms with Gasteiger partial charge in [-0.15, -0.1) is 11.3 Å². The van der Waals surface area contributed by atoms with Gasteiger partial charge in [-0.1, -0.05) is 0 Å². The molecule has 130 valence electrons. The van der Waals surface area contributed by atoms with Gasteiger partial charge >= 0.3 is 6.09 Å².